The molecule has 1 unspecified atom stereocenters. The molecule has 3 heterocycles. The van der Waals surface area contributed by atoms with Crippen molar-refractivity contribution in [1.82, 2.24) is 15.3 Å². The van der Waals surface area contributed by atoms with Crippen molar-refractivity contribution in [3.8, 4) is 17.0 Å². The van der Waals surface area contributed by atoms with Crippen LogP contribution in [0, 0.1) is 5.92 Å². The van der Waals surface area contributed by atoms with Crippen LogP contribution < -0.4 is 15.8 Å². The second-order valence-corrected chi connectivity index (χ2v) is 9.10. The quantitative estimate of drug-likeness (QED) is 0.634. The average Bonchev–Trinajstić information content (AvgIpc) is 3.52. The Morgan fingerprint density at radius 1 is 1.12 bits per heavy atom. The molecule has 2 aromatic carbocycles. The van der Waals surface area contributed by atoms with Gasteiger partial charge < -0.3 is 15.8 Å². The molecule has 1 atom stereocenters. The summed E-state index contributed by atoms with van der Waals surface area (Å²) >= 11 is 0. The lowest BCUT2D eigenvalue weighted by Crippen LogP contribution is -2.29. The van der Waals surface area contributed by atoms with Gasteiger partial charge in [0.2, 0.25) is 11.9 Å². The summed E-state index contributed by atoms with van der Waals surface area (Å²) in [5, 5.41) is 3.06. The molecule has 3 aromatic rings. The van der Waals surface area contributed by atoms with Gasteiger partial charge in [-0.15, -0.1) is 0 Å². The Morgan fingerprint density at radius 3 is 2.88 bits per heavy atom. The summed E-state index contributed by atoms with van der Waals surface area (Å²) < 4.78 is 6.08. The number of nitrogens with zero attached hydrogens (tertiary/aromatic N) is 3. The molecular formula is C26H25N5O2. The van der Waals surface area contributed by atoms with E-state index in [4.69, 9.17) is 15.5 Å². The van der Waals surface area contributed by atoms with Crippen molar-refractivity contribution >= 4 is 23.3 Å². The van der Waals surface area contributed by atoms with Gasteiger partial charge in [0, 0.05) is 35.9 Å². The molecule has 0 spiro atoms. The Kier molecular flexibility index (Phi) is 4.82. The largest absolute Gasteiger partial charge is 0.493 e. The van der Waals surface area contributed by atoms with Crippen LogP contribution >= 0.6 is 0 Å². The molecular weight excluding hydrogens is 414 g/mol. The number of aliphatic imine (C=N–C) groups is 1. The van der Waals surface area contributed by atoms with E-state index in [-0.39, 0.29) is 17.8 Å². The molecule has 7 nitrogen and oxygen atoms in total. The predicted octanol–water partition coefficient (Wildman–Crippen LogP) is 3.43. The number of aromatic nitrogens is 2. The lowest BCUT2D eigenvalue weighted by molar-refractivity contribution is -0.120. The number of rotatable bonds is 5. The number of fused-ring (bicyclic) bond motifs is 2. The fraction of sp³-hybridized carbons (Fsp3) is 0.308. The van der Waals surface area contributed by atoms with Gasteiger partial charge in [-0.2, -0.15) is 0 Å². The summed E-state index contributed by atoms with van der Waals surface area (Å²) in [7, 11) is 0. The standard InChI is InChI=1S/C26H25N5O2/c27-26-28-8-7-21(31-26)16-2-3-17-13-23(30-22(17)12-16)19-11-18-9-15(1-6-24(18)33-14-19)10-25(32)29-20-4-5-20/h1-3,6-9,12,19-20H,4-5,10-11,13-14H2,(H,29,32)(H2,27,28,31). The summed E-state index contributed by atoms with van der Waals surface area (Å²) in [6.07, 6.45) is 5.98. The van der Waals surface area contributed by atoms with E-state index in [1.54, 1.807) is 6.20 Å². The van der Waals surface area contributed by atoms with Gasteiger partial charge in [0.25, 0.3) is 0 Å². The third-order valence-corrected chi connectivity index (χ3v) is 6.50. The summed E-state index contributed by atoms with van der Waals surface area (Å²) in [5.41, 5.74) is 13.0. The Hall–Kier alpha value is -3.74. The van der Waals surface area contributed by atoms with Crippen LogP contribution in [0.3, 0.4) is 0 Å². The van der Waals surface area contributed by atoms with Gasteiger partial charge in [0.1, 0.15) is 5.75 Å². The van der Waals surface area contributed by atoms with Crippen LogP contribution in [-0.2, 0) is 24.1 Å². The number of nitrogens with one attached hydrogen (secondary N) is 1. The van der Waals surface area contributed by atoms with Crippen LogP contribution in [0.5, 0.6) is 5.75 Å². The molecule has 33 heavy (non-hydrogen) atoms. The van der Waals surface area contributed by atoms with E-state index in [0.717, 1.165) is 65.2 Å². The van der Waals surface area contributed by atoms with E-state index < -0.39 is 0 Å². The number of nitrogen functional groups attached to an aromatic ring is 1. The smallest absolute Gasteiger partial charge is 0.224 e. The number of carbonyl (C=O) groups excluding carboxylic acids is 1. The molecule has 1 saturated carbocycles. The molecule has 6 rings (SSSR count). The first-order valence-electron chi connectivity index (χ1n) is 11.4. The molecule has 1 aliphatic carbocycles. The second kappa shape index (κ2) is 7.99. The van der Waals surface area contributed by atoms with Gasteiger partial charge in [0.15, 0.2) is 0 Å². The van der Waals surface area contributed by atoms with Crippen LogP contribution in [0.25, 0.3) is 11.3 Å². The van der Waals surface area contributed by atoms with E-state index in [9.17, 15) is 4.79 Å². The lowest BCUT2D eigenvalue weighted by Gasteiger charge is -2.26. The maximum Gasteiger partial charge on any atom is 0.224 e. The topological polar surface area (TPSA) is 102 Å². The van der Waals surface area contributed by atoms with Crippen molar-refractivity contribution in [2.45, 2.75) is 38.1 Å². The van der Waals surface area contributed by atoms with E-state index in [0.29, 0.717) is 19.1 Å². The molecule has 1 fully saturated rings. The van der Waals surface area contributed by atoms with Crippen molar-refractivity contribution in [3.63, 3.8) is 0 Å². The van der Waals surface area contributed by atoms with Crippen LogP contribution in [-0.4, -0.2) is 34.2 Å². The second-order valence-electron chi connectivity index (χ2n) is 9.10. The van der Waals surface area contributed by atoms with E-state index in [2.05, 4.69) is 39.6 Å². The summed E-state index contributed by atoms with van der Waals surface area (Å²) in [4.78, 5) is 25.5. The summed E-state index contributed by atoms with van der Waals surface area (Å²) in [5.74, 6) is 1.50. The number of hydrogen-bond donors (Lipinski definition) is 2. The maximum absolute atomic E-state index is 12.2. The number of ether oxygens (including phenoxy) is 1. The van der Waals surface area contributed by atoms with Crippen LogP contribution in [0.1, 0.15) is 29.5 Å². The normalized spacial score (nSPS) is 18.7. The third-order valence-electron chi connectivity index (χ3n) is 6.50. The lowest BCUT2D eigenvalue weighted by atomic mass is 9.89. The van der Waals surface area contributed by atoms with Crippen LogP contribution in [0.4, 0.5) is 11.6 Å². The Labute approximate surface area is 192 Å². The number of anilines is 1. The average molecular weight is 440 g/mol. The molecule has 166 valence electrons. The molecule has 1 aromatic heterocycles. The number of nitrogens with two attached hydrogens (primary N) is 1. The Balaban J connectivity index is 1.19. The van der Waals surface area contributed by atoms with Crippen molar-refractivity contribution in [2.24, 2.45) is 10.9 Å². The third kappa shape index (κ3) is 4.18. The first kappa shape index (κ1) is 19.9. The zero-order chi connectivity index (χ0) is 22.4. The molecule has 7 heteroatoms. The zero-order valence-electron chi connectivity index (χ0n) is 18.3. The summed E-state index contributed by atoms with van der Waals surface area (Å²) in [6, 6.07) is 14.6. The van der Waals surface area contributed by atoms with Crippen molar-refractivity contribution in [3.05, 3.63) is 65.4 Å². The van der Waals surface area contributed by atoms with Gasteiger partial charge in [-0.1, -0.05) is 24.3 Å². The first-order chi connectivity index (χ1) is 16.1. The Bertz CT molecular complexity index is 1280. The fourth-order valence-corrected chi connectivity index (χ4v) is 4.60. The van der Waals surface area contributed by atoms with Crippen molar-refractivity contribution in [1.29, 1.82) is 0 Å². The van der Waals surface area contributed by atoms with Gasteiger partial charge in [0.05, 0.1) is 24.4 Å². The van der Waals surface area contributed by atoms with E-state index >= 15 is 0 Å². The number of hydrogen-bond acceptors (Lipinski definition) is 6. The van der Waals surface area contributed by atoms with Crippen LogP contribution in [0.15, 0.2) is 53.7 Å². The molecule has 0 saturated heterocycles. The van der Waals surface area contributed by atoms with Crippen molar-refractivity contribution < 1.29 is 9.53 Å². The number of amides is 1. The number of benzene rings is 2. The fourth-order valence-electron chi connectivity index (χ4n) is 4.60. The van der Waals surface area contributed by atoms with Gasteiger partial charge in [-0.3, -0.25) is 9.79 Å². The molecule has 2 aliphatic heterocycles. The van der Waals surface area contributed by atoms with Crippen molar-refractivity contribution in [2.75, 3.05) is 12.3 Å². The molecule has 0 bridgehead atoms. The highest BCUT2D eigenvalue weighted by Crippen LogP contribution is 2.36. The highest BCUT2D eigenvalue weighted by molar-refractivity contribution is 5.96. The zero-order valence-corrected chi connectivity index (χ0v) is 18.3. The Morgan fingerprint density at radius 2 is 2.03 bits per heavy atom. The van der Waals surface area contributed by atoms with E-state index in [1.165, 1.54) is 5.56 Å². The minimum atomic E-state index is 0.0996. The van der Waals surface area contributed by atoms with Gasteiger partial charge in [-0.25, -0.2) is 9.97 Å². The van der Waals surface area contributed by atoms with Gasteiger partial charge in [-0.05, 0) is 54.2 Å². The molecule has 3 aliphatic rings. The molecule has 3 N–H and O–H groups in total. The predicted molar refractivity (Wildman–Crippen MR) is 127 cm³/mol. The highest BCUT2D eigenvalue weighted by atomic mass is 16.5. The minimum Gasteiger partial charge on any atom is -0.493 e. The van der Waals surface area contributed by atoms with Gasteiger partial charge >= 0.3 is 0 Å². The first-order valence-corrected chi connectivity index (χ1v) is 11.4. The maximum atomic E-state index is 12.2. The van der Waals surface area contributed by atoms with E-state index in [1.807, 2.05) is 18.2 Å². The number of carbonyl (C=O) groups is 1. The molecule has 1 amide bonds. The minimum absolute atomic E-state index is 0.0996. The summed E-state index contributed by atoms with van der Waals surface area (Å²) in [6.45, 7) is 0.622. The SMILES string of the molecule is Nc1nccc(-c2ccc3c(c2)N=C(C2COc4ccc(CC(=O)NC5CC5)cc4C2)C3)n1. The van der Waals surface area contributed by atoms with Crippen LogP contribution in [0.2, 0.25) is 0 Å². The molecule has 0 radical (unpaired) electrons. The highest BCUT2D eigenvalue weighted by Gasteiger charge is 2.29. The monoisotopic (exact) mass is 439 g/mol.